The van der Waals surface area contributed by atoms with Crippen LogP contribution in [0.2, 0.25) is 0 Å². The Bertz CT molecular complexity index is 880. The summed E-state index contributed by atoms with van der Waals surface area (Å²) >= 11 is 1.38. The highest BCUT2D eigenvalue weighted by atomic mass is 32.1. The molecular weight excluding hydrogens is 400 g/mol. The highest BCUT2D eigenvalue weighted by Gasteiger charge is 2.24. The molecule has 30 heavy (non-hydrogen) atoms. The molecule has 2 aromatic rings. The molecule has 2 heterocycles. The van der Waals surface area contributed by atoms with Gasteiger partial charge in [-0.3, -0.25) is 19.3 Å². The van der Waals surface area contributed by atoms with Crippen molar-refractivity contribution in [2.24, 2.45) is 0 Å². The summed E-state index contributed by atoms with van der Waals surface area (Å²) in [6.45, 7) is 8.71. The number of thiophene rings is 1. The van der Waals surface area contributed by atoms with Crippen LogP contribution in [0.25, 0.3) is 0 Å². The predicted octanol–water partition coefficient (Wildman–Crippen LogP) is 2.67. The number of nitrogens with zero attached hydrogens (tertiary/aromatic N) is 2. The van der Waals surface area contributed by atoms with E-state index in [-0.39, 0.29) is 23.3 Å². The number of rotatable bonds is 5. The fraction of sp³-hybridized carbons (Fsp3) is 0.409. The Morgan fingerprint density at radius 3 is 2.23 bits per heavy atom. The Balaban J connectivity index is 1.49. The Morgan fingerprint density at radius 1 is 1.00 bits per heavy atom. The summed E-state index contributed by atoms with van der Waals surface area (Å²) in [5, 5.41) is 7.65. The Hall–Kier alpha value is -2.71. The second-order valence-corrected chi connectivity index (χ2v) is 9.32. The van der Waals surface area contributed by atoms with Crippen molar-refractivity contribution in [2.45, 2.75) is 26.3 Å². The Morgan fingerprint density at radius 2 is 1.67 bits per heavy atom. The number of benzene rings is 1. The summed E-state index contributed by atoms with van der Waals surface area (Å²) < 4.78 is 0. The van der Waals surface area contributed by atoms with Crippen molar-refractivity contribution < 1.29 is 14.4 Å². The fourth-order valence-corrected chi connectivity index (χ4v) is 3.87. The molecule has 0 aliphatic carbocycles. The third-order valence-electron chi connectivity index (χ3n) is 4.68. The van der Waals surface area contributed by atoms with Crippen LogP contribution in [0, 0.1) is 0 Å². The third-order valence-corrected chi connectivity index (χ3v) is 5.54. The maximum Gasteiger partial charge on any atom is 0.265 e. The van der Waals surface area contributed by atoms with Crippen molar-refractivity contribution in [2.75, 3.05) is 38.0 Å². The highest BCUT2D eigenvalue weighted by molar-refractivity contribution is 7.12. The number of hydrogen-bond donors (Lipinski definition) is 2. The van der Waals surface area contributed by atoms with Crippen LogP contribution >= 0.6 is 11.3 Å². The normalized spacial score (nSPS) is 15.0. The molecule has 0 bridgehead atoms. The lowest BCUT2D eigenvalue weighted by atomic mass is 10.1. The monoisotopic (exact) mass is 428 g/mol. The van der Waals surface area contributed by atoms with Gasteiger partial charge in [-0.05, 0) is 56.5 Å². The summed E-state index contributed by atoms with van der Waals surface area (Å²) in [4.78, 5) is 41.5. The van der Waals surface area contributed by atoms with Gasteiger partial charge in [0.05, 0.1) is 11.4 Å². The van der Waals surface area contributed by atoms with Crippen LogP contribution in [0.5, 0.6) is 0 Å². The minimum absolute atomic E-state index is 0.00228. The van der Waals surface area contributed by atoms with Crippen molar-refractivity contribution in [3.05, 3.63) is 52.2 Å². The maximum atomic E-state index is 12.8. The zero-order chi connectivity index (χ0) is 21.7. The molecule has 0 spiro atoms. The van der Waals surface area contributed by atoms with E-state index in [2.05, 4.69) is 15.5 Å². The van der Waals surface area contributed by atoms with Crippen LogP contribution in [0.1, 0.15) is 40.8 Å². The lowest BCUT2D eigenvalue weighted by Crippen LogP contribution is -2.52. The van der Waals surface area contributed by atoms with Gasteiger partial charge in [0.1, 0.15) is 0 Å². The first-order valence-electron chi connectivity index (χ1n) is 9.99. The molecule has 7 nitrogen and oxygen atoms in total. The number of anilines is 1. The van der Waals surface area contributed by atoms with E-state index in [0.717, 1.165) is 0 Å². The van der Waals surface area contributed by atoms with Gasteiger partial charge in [-0.2, -0.15) is 0 Å². The van der Waals surface area contributed by atoms with Crippen molar-refractivity contribution >= 4 is 34.7 Å². The van der Waals surface area contributed by atoms with Gasteiger partial charge in [0, 0.05) is 43.0 Å². The Kier molecular flexibility index (Phi) is 6.89. The molecule has 1 saturated heterocycles. The third kappa shape index (κ3) is 6.14. The molecule has 3 amide bonds. The van der Waals surface area contributed by atoms with Crippen LogP contribution in [0.3, 0.4) is 0 Å². The van der Waals surface area contributed by atoms with Crippen molar-refractivity contribution in [3.63, 3.8) is 0 Å². The largest absolute Gasteiger partial charge is 0.350 e. The molecule has 3 rings (SSSR count). The lowest BCUT2D eigenvalue weighted by Gasteiger charge is -2.35. The summed E-state index contributed by atoms with van der Waals surface area (Å²) in [5.41, 5.74) is 0.993. The van der Waals surface area contributed by atoms with Crippen LogP contribution in [-0.4, -0.2) is 65.8 Å². The molecule has 1 fully saturated rings. The number of piperazine rings is 1. The molecule has 2 N–H and O–H groups in total. The predicted molar refractivity (Wildman–Crippen MR) is 119 cm³/mol. The summed E-state index contributed by atoms with van der Waals surface area (Å²) in [6, 6.07) is 10.5. The second-order valence-electron chi connectivity index (χ2n) is 8.38. The molecule has 8 heteroatoms. The fourth-order valence-electron chi connectivity index (χ4n) is 3.25. The first-order chi connectivity index (χ1) is 14.2. The van der Waals surface area contributed by atoms with Crippen molar-refractivity contribution in [1.29, 1.82) is 0 Å². The van der Waals surface area contributed by atoms with Gasteiger partial charge in [0.2, 0.25) is 5.91 Å². The van der Waals surface area contributed by atoms with Gasteiger partial charge in [0.25, 0.3) is 11.8 Å². The average Bonchev–Trinajstić information content (AvgIpc) is 3.22. The van der Waals surface area contributed by atoms with E-state index >= 15 is 0 Å². The number of hydrogen-bond acceptors (Lipinski definition) is 5. The topological polar surface area (TPSA) is 81.8 Å². The van der Waals surface area contributed by atoms with E-state index in [1.54, 1.807) is 35.2 Å². The van der Waals surface area contributed by atoms with Gasteiger partial charge in [-0.25, -0.2) is 0 Å². The van der Waals surface area contributed by atoms with E-state index < -0.39 is 0 Å². The molecule has 0 atom stereocenters. The smallest absolute Gasteiger partial charge is 0.265 e. The summed E-state index contributed by atoms with van der Waals surface area (Å²) in [6.07, 6.45) is 0. The maximum absolute atomic E-state index is 12.8. The van der Waals surface area contributed by atoms with Gasteiger partial charge < -0.3 is 15.5 Å². The minimum atomic E-state index is -0.246. The molecule has 1 aliphatic rings. The zero-order valence-corrected chi connectivity index (χ0v) is 18.4. The molecule has 0 radical (unpaired) electrons. The van der Waals surface area contributed by atoms with E-state index in [1.807, 2.05) is 32.2 Å². The minimum Gasteiger partial charge on any atom is -0.350 e. The zero-order valence-electron chi connectivity index (χ0n) is 17.6. The highest BCUT2D eigenvalue weighted by Crippen LogP contribution is 2.16. The molecular formula is C22H28N4O3S. The van der Waals surface area contributed by atoms with Crippen molar-refractivity contribution in [3.8, 4) is 0 Å². The molecule has 1 aromatic heterocycles. The number of amides is 3. The average molecular weight is 429 g/mol. The van der Waals surface area contributed by atoms with E-state index in [4.69, 9.17) is 0 Å². The quantitative estimate of drug-likeness (QED) is 0.767. The van der Waals surface area contributed by atoms with E-state index in [1.165, 1.54) is 11.3 Å². The second kappa shape index (κ2) is 9.40. The molecule has 1 aromatic carbocycles. The number of carbonyl (C=O) groups is 3. The van der Waals surface area contributed by atoms with Gasteiger partial charge in [0.15, 0.2) is 0 Å². The summed E-state index contributed by atoms with van der Waals surface area (Å²) in [7, 11) is 0. The SMILES string of the molecule is CC(C)(C)NC(=O)CN1CCN(C(=O)c2ccc(NC(=O)c3cccs3)cc2)CC1. The van der Waals surface area contributed by atoms with E-state index in [0.29, 0.717) is 48.9 Å². The first-order valence-corrected chi connectivity index (χ1v) is 10.9. The van der Waals surface area contributed by atoms with Crippen molar-refractivity contribution in [1.82, 2.24) is 15.1 Å². The van der Waals surface area contributed by atoms with Crippen LogP contribution in [-0.2, 0) is 4.79 Å². The number of nitrogens with one attached hydrogen (secondary N) is 2. The standard InChI is InChI=1S/C22H28N4O3S/c1-22(2,3)24-19(27)15-25-10-12-26(13-11-25)21(29)16-6-8-17(9-7-16)23-20(28)18-5-4-14-30-18/h4-9,14H,10-13,15H2,1-3H3,(H,23,28)(H,24,27). The van der Waals surface area contributed by atoms with Crippen LogP contribution < -0.4 is 10.6 Å². The van der Waals surface area contributed by atoms with Crippen LogP contribution in [0.15, 0.2) is 41.8 Å². The number of carbonyl (C=O) groups excluding carboxylic acids is 3. The lowest BCUT2D eigenvalue weighted by molar-refractivity contribution is -0.124. The van der Waals surface area contributed by atoms with Crippen LogP contribution in [0.4, 0.5) is 5.69 Å². The van der Waals surface area contributed by atoms with Gasteiger partial charge in [-0.1, -0.05) is 6.07 Å². The molecule has 1 aliphatic heterocycles. The molecule has 160 valence electrons. The van der Waals surface area contributed by atoms with E-state index in [9.17, 15) is 14.4 Å². The molecule has 0 unspecified atom stereocenters. The summed E-state index contributed by atoms with van der Waals surface area (Å²) in [5.74, 6) is -0.192. The van der Waals surface area contributed by atoms with Gasteiger partial charge in [-0.15, -0.1) is 11.3 Å². The first kappa shape index (κ1) is 22.0. The van der Waals surface area contributed by atoms with Gasteiger partial charge >= 0.3 is 0 Å². The Labute approximate surface area is 181 Å². The molecule has 0 saturated carbocycles.